The first-order valence-electron chi connectivity index (χ1n) is 9.31. The number of halogens is 1. The summed E-state index contributed by atoms with van der Waals surface area (Å²) in [4.78, 5) is 16.0. The molecule has 0 radical (unpaired) electrons. The Morgan fingerprint density at radius 3 is 2.85 bits per heavy atom. The maximum Gasteiger partial charge on any atom is 0.339 e. The van der Waals surface area contributed by atoms with Crippen LogP contribution in [0.3, 0.4) is 0 Å². The molecule has 6 heteroatoms. The Morgan fingerprint density at radius 1 is 1.26 bits per heavy atom. The van der Waals surface area contributed by atoms with Crippen molar-refractivity contribution in [3.05, 3.63) is 53.9 Å². The van der Waals surface area contributed by atoms with Crippen LogP contribution in [0.2, 0.25) is 0 Å². The normalized spacial score (nSPS) is 13.8. The van der Waals surface area contributed by atoms with E-state index in [1.807, 2.05) is 30.5 Å². The summed E-state index contributed by atoms with van der Waals surface area (Å²) in [6.45, 7) is 0.499. The van der Waals surface area contributed by atoms with Crippen LogP contribution >= 0.6 is 0 Å². The zero-order chi connectivity index (χ0) is 18.8. The number of nitrogens with zero attached hydrogens (tertiary/aromatic N) is 2. The van der Waals surface area contributed by atoms with Crippen molar-refractivity contribution in [3.63, 3.8) is 0 Å². The van der Waals surface area contributed by atoms with Crippen molar-refractivity contribution in [2.45, 2.75) is 38.1 Å². The SMILES string of the molecule is O=C(O)c1cc(C2CC2)cnc1Nc1ccc2c(ccn2CCCCF)c1. The summed E-state index contributed by atoms with van der Waals surface area (Å²) in [5.41, 5.74) is 3.06. The Balaban J connectivity index is 1.57. The van der Waals surface area contributed by atoms with Crippen molar-refractivity contribution in [2.24, 2.45) is 0 Å². The quantitative estimate of drug-likeness (QED) is 0.543. The van der Waals surface area contributed by atoms with Crippen molar-refractivity contribution >= 4 is 28.4 Å². The zero-order valence-electron chi connectivity index (χ0n) is 15.0. The summed E-state index contributed by atoms with van der Waals surface area (Å²) in [6, 6.07) is 9.62. The number of unbranched alkanes of at least 4 members (excludes halogenated alkanes) is 1. The van der Waals surface area contributed by atoms with Crippen LogP contribution in [-0.2, 0) is 6.54 Å². The second kappa shape index (κ2) is 7.39. The number of anilines is 2. The van der Waals surface area contributed by atoms with E-state index in [0.29, 0.717) is 18.2 Å². The van der Waals surface area contributed by atoms with Crippen LogP contribution in [0.1, 0.15) is 47.5 Å². The van der Waals surface area contributed by atoms with Gasteiger partial charge in [-0.3, -0.25) is 4.39 Å². The van der Waals surface area contributed by atoms with Gasteiger partial charge in [-0.25, -0.2) is 9.78 Å². The number of nitrogens with one attached hydrogen (secondary N) is 1. The second-order valence-electron chi connectivity index (χ2n) is 7.05. The Kier molecular flexibility index (Phi) is 4.79. The highest BCUT2D eigenvalue weighted by molar-refractivity contribution is 5.94. The first-order valence-corrected chi connectivity index (χ1v) is 9.31. The highest BCUT2D eigenvalue weighted by Gasteiger charge is 2.26. The first kappa shape index (κ1) is 17.5. The molecule has 0 atom stereocenters. The number of carboxylic acids is 1. The molecule has 1 aliphatic carbocycles. The average Bonchev–Trinajstić information content (AvgIpc) is 3.44. The predicted molar refractivity (Wildman–Crippen MR) is 104 cm³/mol. The van der Waals surface area contributed by atoms with Crippen LogP contribution in [0, 0.1) is 0 Å². The molecule has 5 nitrogen and oxygen atoms in total. The van der Waals surface area contributed by atoms with Crippen molar-refractivity contribution in [1.29, 1.82) is 0 Å². The van der Waals surface area contributed by atoms with E-state index in [0.717, 1.165) is 48.0 Å². The molecule has 27 heavy (non-hydrogen) atoms. The number of alkyl halides is 1. The van der Waals surface area contributed by atoms with Gasteiger partial charge in [0.05, 0.1) is 6.67 Å². The molecule has 1 fully saturated rings. The topological polar surface area (TPSA) is 67.2 Å². The second-order valence-corrected chi connectivity index (χ2v) is 7.05. The molecular formula is C21H22FN3O2. The monoisotopic (exact) mass is 367 g/mol. The van der Waals surface area contributed by atoms with Gasteiger partial charge in [-0.05, 0) is 67.5 Å². The maximum absolute atomic E-state index is 12.3. The summed E-state index contributed by atoms with van der Waals surface area (Å²) in [7, 11) is 0. The minimum absolute atomic E-state index is 0.197. The lowest BCUT2D eigenvalue weighted by molar-refractivity contribution is 0.0697. The molecule has 4 rings (SSSR count). The number of carbonyl (C=O) groups is 1. The summed E-state index contributed by atoms with van der Waals surface area (Å²) >= 11 is 0. The molecule has 0 amide bonds. The van der Waals surface area contributed by atoms with Crippen LogP contribution in [0.5, 0.6) is 0 Å². The van der Waals surface area contributed by atoms with Crippen molar-refractivity contribution in [1.82, 2.24) is 9.55 Å². The number of fused-ring (bicyclic) bond motifs is 1. The zero-order valence-corrected chi connectivity index (χ0v) is 15.0. The molecule has 140 valence electrons. The standard InChI is InChI=1S/C21H22FN3O2/c22-8-1-2-9-25-10-7-15-11-17(5-6-19(15)25)24-20-18(21(26)27)12-16(13-23-20)14-3-4-14/h5-7,10-14H,1-4,8-9H2,(H,23,24)(H,26,27). The number of aryl methyl sites for hydroxylation is 1. The predicted octanol–water partition coefficient (Wildman–Crippen LogP) is 5.11. The van der Waals surface area contributed by atoms with Crippen LogP contribution in [0.25, 0.3) is 10.9 Å². The van der Waals surface area contributed by atoms with Crippen LogP contribution < -0.4 is 5.32 Å². The van der Waals surface area contributed by atoms with E-state index in [-0.39, 0.29) is 12.2 Å². The van der Waals surface area contributed by atoms with Gasteiger partial charge in [-0.15, -0.1) is 0 Å². The summed E-state index contributed by atoms with van der Waals surface area (Å²) in [5, 5.41) is 13.7. The third-order valence-electron chi connectivity index (χ3n) is 5.00. The molecule has 0 bridgehead atoms. The molecule has 0 unspecified atom stereocenters. The molecule has 2 aromatic heterocycles. The van der Waals surface area contributed by atoms with E-state index in [1.165, 1.54) is 0 Å². The van der Waals surface area contributed by atoms with Gasteiger partial charge in [0.2, 0.25) is 0 Å². The van der Waals surface area contributed by atoms with Gasteiger partial charge in [0.1, 0.15) is 11.4 Å². The fraction of sp³-hybridized carbons (Fsp3) is 0.333. The lowest BCUT2D eigenvalue weighted by Gasteiger charge is -2.11. The number of aromatic carboxylic acids is 1. The minimum Gasteiger partial charge on any atom is -0.478 e. The highest BCUT2D eigenvalue weighted by Crippen LogP contribution is 2.40. The van der Waals surface area contributed by atoms with Crippen LogP contribution in [-0.4, -0.2) is 27.3 Å². The lowest BCUT2D eigenvalue weighted by atomic mass is 10.1. The van der Waals surface area contributed by atoms with Crippen molar-refractivity contribution in [3.8, 4) is 0 Å². The Hall–Kier alpha value is -2.89. The number of hydrogen-bond donors (Lipinski definition) is 2. The Labute approximate surface area is 156 Å². The lowest BCUT2D eigenvalue weighted by Crippen LogP contribution is -2.06. The van der Waals surface area contributed by atoms with Gasteiger partial charge in [-0.2, -0.15) is 0 Å². The molecule has 0 aliphatic heterocycles. The van der Waals surface area contributed by atoms with E-state index in [2.05, 4.69) is 14.9 Å². The molecule has 3 aromatic rings. The number of carboxylic acid groups (broad SMARTS) is 1. The summed E-state index contributed by atoms with van der Waals surface area (Å²) in [6.07, 6.45) is 7.35. The fourth-order valence-corrected chi connectivity index (χ4v) is 3.37. The van der Waals surface area contributed by atoms with E-state index in [4.69, 9.17) is 0 Å². The van der Waals surface area contributed by atoms with Crippen molar-refractivity contribution in [2.75, 3.05) is 12.0 Å². The molecule has 1 saturated carbocycles. The van der Waals surface area contributed by atoms with Crippen LogP contribution in [0.4, 0.5) is 15.9 Å². The van der Waals surface area contributed by atoms with Crippen molar-refractivity contribution < 1.29 is 14.3 Å². The number of hydrogen-bond acceptors (Lipinski definition) is 3. The fourth-order valence-electron chi connectivity index (χ4n) is 3.37. The van der Waals surface area contributed by atoms with Gasteiger partial charge in [0, 0.05) is 35.5 Å². The largest absolute Gasteiger partial charge is 0.478 e. The van der Waals surface area contributed by atoms with Gasteiger partial charge < -0.3 is 15.0 Å². The van der Waals surface area contributed by atoms with Gasteiger partial charge in [-0.1, -0.05) is 0 Å². The average molecular weight is 367 g/mol. The Bertz CT molecular complexity index is 979. The summed E-state index contributed by atoms with van der Waals surface area (Å²) in [5.74, 6) is -0.167. The molecule has 2 N–H and O–H groups in total. The highest BCUT2D eigenvalue weighted by atomic mass is 19.1. The van der Waals surface area contributed by atoms with Crippen LogP contribution in [0.15, 0.2) is 42.7 Å². The smallest absolute Gasteiger partial charge is 0.339 e. The third kappa shape index (κ3) is 3.79. The maximum atomic E-state index is 12.3. The number of pyridine rings is 1. The number of benzene rings is 1. The molecule has 2 heterocycles. The minimum atomic E-state index is -0.979. The number of aromatic nitrogens is 2. The summed E-state index contributed by atoms with van der Waals surface area (Å²) < 4.78 is 14.4. The molecule has 1 aliphatic rings. The van der Waals surface area contributed by atoms with Gasteiger partial charge >= 0.3 is 5.97 Å². The molecule has 1 aromatic carbocycles. The molecular weight excluding hydrogens is 345 g/mol. The van der Waals surface area contributed by atoms with E-state index in [1.54, 1.807) is 12.3 Å². The van der Waals surface area contributed by atoms with E-state index >= 15 is 0 Å². The molecule has 0 saturated heterocycles. The van der Waals surface area contributed by atoms with E-state index < -0.39 is 5.97 Å². The third-order valence-corrected chi connectivity index (χ3v) is 5.00. The van der Waals surface area contributed by atoms with Gasteiger partial charge in [0.15, 0.2) is 0 Å². The van der Waals surface area contributed by atoms with Gasteiger partial charge in [0.25, 0.3) is 0 Å². The number of rotatable bonds is 8. The molecule has 0 spiro atoms. The van der Waals surface area contributed by atoms with E-state index in [9.17, 15) is 14.3 Å². The first-order chi connectivity index (χ1) is 13.2. The Morgan fingerprint density at radius 2 is 2.11 bits per heavy atom.